The summed E-state index contributed by atoms with van der Waals surface area (Å²) in [7, 11) is -3.79. The molecule has 0 spiro atoms. The van der Waals surface area contributed by atoms with Crippen LogP contribution in [-0.2, 0) is 14.8 Å². The summed E-state index contributed by atoms with van der Waals surface area (Å²) in [5.74, 6) is -5.36. The number of benzene rings is 2. The van der Waals surface area contributed by atoms with Gasteiger partial charge in [0.15, 0.2) is 23.3 Å². The summed E-state index contributed by atoms with van der Waals surface area (Å²) in [6.45, 7) is 0.672. The van der Waals surface area contributed by atoms with Crippen molar-refractivity contribution in [3.8, 4) is 0 Å². The van der Waals surface area contributed by atoms with Crippen LogP contribution in [0.3, 0.4) is 0 Å². The summed E-state index contributed by atoms with van der Waals surface area (Å²) < 4.78 is 68.7. The van der Waals surface area contributed by atoms with Gasteiger partial charge < -0.3 is 10.2 Å². The average Bonchev–Trinajstić information content (AvgIpc) is 3.00. The number of amides is 1. The number of likely N-dealkylation sites (tertiary alicyclic amines) is 1. The van der Waals surface area contributed by atoms with Gasteiger partial charge in [-0.05, 0) is 37.1 Å². The molecule has 0 bridgehead atoms. The molecule has 2 aromatic rings. The minimum absolute atomic E-state index is 0.116. The van der Waals surface area contributed by atoms with Crippen molar-refractivity contribution in [2.45, 2.75) is 17.7 Å². The zero-order chi connectivity index (χ0) is 20.8. The number of hydrogen-bond acceptors (Lipinski definition) is 4. The molecule has 0 aromatic heterocycles. The number of nitrogens with one attached hydrogen (secondary N) is 1. The molecule has 1 fully saturated rings. The fourth-order valence-corrected chi connectivity index (χ4v) is 4.78. The van der Waals surface area contributed by atoms with Gasteiger partial charge >= 0.3 is 0 Å². The maximum absolute atomic E-state index is 13.8. The highest BCUT2D eigenvalue weighted by Gasteiger charge is 2.35. The molecule has 1 N–H and O–H groups in total. The Hall–Kier alpha value is -2.88. The van der Waals surface area contributed by atoms with Crippen LogP contribution in [0.1, 0.15) is 18.4 Å². The van der Waals surface area contributed by atoms with E-state index in [-0.39, 0.29) is 17.3 Å². The third kappa shape index (κ3) is 3.48. The molecule has 152 valence electrons. The van der Waals surface area contributed by atoms with Crippen LogP contribution in [-0.4, -0.2) is 38.2 Å². The molecule has 0 radical (unpaired) electrons. The molecular formula is C19H16F3N3O3S. The second-order valence-corrected chi connectivity index (χ2v) is 8.46. The molecule has 1 amide bonds. The van der Waals surface area contributed by atoms with E-state index in [0.717, 1.165) is 12.1 Å². The summed E-state index contributed by atoms with van der Waals surface area (Å²) in [6, 6.07) is 8.12. The maximum atomic E-state index is 13.8. The van der Waals surface area contributed by atoms with Gasteiger partial charge in [0.05, 0.1) is 11.6 Å². The second-order valence-electron chi connectivity index (χ2n) is 6.88. The predicted octanol–water partition coefficient (Wildman–Crippen LogP) is 2.90. The van der Waals surface area contributed by atoms with Gasteiger partial charge in [0.25, 0.3) is 10.0 Å². The first-order chi connectivity index (χ1) is 13.8. The molecule has 0 unspecified atom stereocenters. The summed E-state index contributed by atoms with van der Waals surface area (Å²) >= 11 is 0. The predicted molar refractivity (Wildman–Crippen MR) is 99.4 cm³/mol. The Morgan fingerprint density at radius 3 is 2.66 bits per heavy atom. The van der Waals surface area contributed by atoms with Gasteiger partial charge in [0, 0.05) is 18.7 Å². The van der Waals surface area contributed by atoms with E-state index in [0.29, 0.717) is 24.9 Å². The number of anilines is 1. The molecular weight excluding hydrogens is 407 g/mol. The van der Waals surface area contributed by atoms with Crippen molar-refractivity contribution in [1.29, 1.82) is 0 Å². The van der Waals surface area contributed by atoms with Gasteiger partial charge in [-0.15, -0.1) is 4.40 Å². The van der Waals surface area contributed by atoms with E-state index in [1.54, 1.807) is 23.1 Å². The molecule has 1 saturated heterocycles. The van der Waals surface area contributed by atoms with E-state index in [1.807, 2.05) is 0 Å². The number of amidine groups is 1. The van der Waals surface area contributed by atoms with E-state index < -0.39 is 45.0 Å². The molecule has 2 heterocycles. The largest absolute Gasteiger partial charge is 0.355 e. The molecule has 0 aliphatic carbocycles. The van der Waals surface area contributed by atoms with Crippen molar-refractivity contribution >= 4 is 27.5 Å². The number of hydrogen-bond donors (Lipinski definition) is 1. The lowest BCUT2D eigenvalue weighted by Gasteiger charge is -2.33. The van der Waals surface area contributed by atoms with Gasteiger partial charge in [-0.25, -0.2) is 13.2 Å². The molecule has 2 aliphatic rings. The van der Waals surface area contributed by atoms with E-state index >= 15 is 0 Å². The van der Waals surface area contributed by atoms with Crippen molar-refractivity contribution in [3.05, 3.63) is 59.4 Å². The lowest BCUT2D eigenvalue weighted by Crippen LogP contribution is -2.43. The smallest absolute Gasteiger partial charge is 0.285 e. The van der Waals surface area contributed by atoms with Gasteiger partial charge in [-0.1, -0.05) is 12.1 Å². The summed E-state index contributed by atoms with van der Waals surface area (Å²) in [5.41, 5.74) is 0.0253. The molecule has 29 heavy (non-hydrogen) atoms. The lowest BCUT2D eigenvalue weighted by molar-refractivity contribution is -0.121. The third-order valence-corrected chi connectivity index (χ3v) is 6.32. The summed E-state index contributed by atoms with van der Waals surface area (Å²) in [4.78, 5) is 14.4. The van der Waals surface area contributed by atoms with Crippen LogP contribution >= 0.6 is 0 Å². The van der Waals surface area contributed by atoms with Crippen molar-refractivity contribution < 1.29 is 26.4 Å². The monoisotopic (exact) mass is 423 g/mol. The third-order valence-electron chi connectivity index (χ3n) is 5.00. The number of nitrogens with zero attached hydrogens (tertiary/aromatic N) is 2. The first-order valence-corrected chi connectivity index (χ1v) is 10.4. The Labute approximate surface area is 165 Å². The van der Waals surface area contributed by atoms with E-state index in [4.69, 9.17) is 0 Å². The Kier molecular flexibility index (Phi) is 4.81. The minimum Gasteiger partial charge on any atom is -0.355 e. The minimum atomic E-state index is -3.79. The van der Waals surface area contributed by atoms with Crippen LogP contribution in [0, 0.1) is 23.4 Å². The lowest BCUT2D eigenvalue weighted by atomic mass is 9.96. The van der Waals surface area contributed by atoms with Crippen LogP contribution in [0.5, 0.6) is 0 Å². The molecule has 2 aromatic carbocycles. The Morgan fingerprint density at radius 2 is 1.86 bits per heavy atom. The van der Waals surface area contributed by atoms with Gasteiger partial charge in [0.1, 0.15) is 4.90 Å². The Balaban J connectivity index is 1.54. The number of sulfonamides is 1. The molecule has 2 aliphatic heterocycles. The fraction of sp³-hybridized carbons (Fsp3) is 0.263. The second kappa shape index (κ2) is 7.18. The summed E-state index contributed by atoms with van der Waals surface area (Å²) in [6.07, 6.45) is 1.06. The standard InChI is InChI=1S/C19H16F3N3O3S/c20-13-7-8-14(17(22)16(13)21)23-19(26)11-4-3-9-25(10-11)18-12-5-1-2-6-15(12)29(27,28)24-18/h1-2,5-8,11H,3-4,9-10H2,(H,23,26)/t11-/m1/s1. The Bertz CT molecular complexity index is 1130. The van der Waals surface area contributed by atoms with Gasteiger partial charge in [-0.2, -0.15) is 8.42 Å². The van der Waals surface area contributed by atoms with Gasteiger partial charge in [0.2, 0.25) is 5.91 Å². The molecule has 4 rings (SSSR count). The molecule has 10 heteroatoms. The number of carbonyl (C=O) groups is 1. The van der Waals surface area contributed by atoms with Crippen LogP contribution in [0.15, 0.2) is 45.7 Å². The van der Waals surface area contributed by atoms with Crippen LogP contribution in [0.2, 0.25) is 0 Å². The topological polar surface area (TPSA) is 78.8 Å². The number of carbonyl (C=O) groups excluding carboxylic acids is 1. The van der Waals surface area contributed by atoms with Gasteiger partial charge in [-0.3, -0.25) is 4.79 Å². The van der Waals surface area contributed by atoms with Crippen LogP contribution in [0.25, 0.3) is 0 Å². The highest BCUT2D eigenvalue weighted by atomic mass is 32.2. The van der Waals surface area contributed by atoms with Crippen LogP contribution in [0.4, 0.5) is 18.9 Å². The highest BCUT2D eigenvalue weighted by Crippen LogP contribution is 2.30. The SMILES string of the molecule is O=C(Nc1ccc(F)c(F)c1F)[C@@H]1CCCN(C2=NS(=O)(=O)c3ccccc32)C1. The molecule has 1 atom stereocenters. The van der Waals surface area contributed by atoms with Crippen molar-refractivity contribution in [2.24, 2.45) is 10.3 Å². The zero-order valence-corrected chi connectivity index (χ0v) is 15.8. The molecule has 6 nitrogen and oxygen atoms in total. The van der Waals surface area contributed by atoms with E-state index in [1.165, 1.54) is 6.07 Å². The number of rotatable bonds is 2. The first-order valence-electron chi connectivity index (χ1n) is 8.91. The highest BCUT2D eigenvalue weighted by molar-refractivity contribution is 7.90. The number of fused-ring (bicyclic) bond motifs is 1. The quantitative estimate of drug-likeness (QED) is 0.754. The average molecular weight is 423 g/mol. The Morgan fingerprint density at radius 1 is 1.10 bits per heavy atom. The zero-order valence-electron chi connectivity index (χ0n) is 15.0. The van der Waals surface area contributed by atoms with Crippen molar-refractivity contribution in [3.63, 3.8) is 0 Å². The van der Waals surface area contributed by atoms with Crippen molar-refractivity contribution in [2.75, 3.05) is 18.4 Å². The normalized spacial score (nSPS) is 20.2. The number of piperidine rings is 1. The maximum Gasteiger partial charge on any atom is 0.285 e. The number of halogens is 3. The van der Waals surface area contributed by atoms with E-state index in [2.05, 4.69) is 9.71 Å². The summed E-state index contributed by atoms with van der Waals surface area (Å²) in [5, 5.41) is 2.29. The van der Waals surface area contributed by atoms with E-state index in [9.17, 15) is 26.4 Å². The fourth-order valence-electron chi connectivity index (χ4n) is 3.56. The van der Waals surface area contributed by atoms with Crippen molar-refractivity contribution in [1.82, 2.24) is 4.90 Å². The molecule has 0 saturated carbocycles. The van der Waals surface area contributed by atoms with Crippen LogP contribution < -0.4 is 5.32 Å². The first kappa shape index (κ1) is 19.4.